The average Bonchev–Trinajstić information content (AvgIpc) is 2.53. The Kier molecular flexibility index (Phi) is 4.07. The number of pyridine rings is 1. The van der Waals surface area contributed by atoms with E-state index in [-0.39, 0.29) is 6.09 Å². The molecule has 120 valence electrons. The van der Waals surface area contributed by atoms with Crippen LogP contribution in [0.2, 0.25) is 0 Å². The van der Waals surface area contributed by atoms with Gasteiger partial charge in [0.1, 0.15) is 5.60 Å². The molecule has 3 rings (SSSR count). The molecule has 4 heteroatoms. The minimum Gasteiger partial charge on any atom is -0.444 e. The monoisotopic (exact) mass is 310 g/mol. The van der Waals surface area contributed by atoms with E-state index in [4.69, 9.17) is 4.74 Å². The van der Waals surface area contributed by atoms with Crippen molar-refractivity contribution in [2.45, 2.75) is 39.3 Å². The zero-order chi connectivity index (χ0) is 16.4. The molecule has 1 aliphatic rings. The van der Waals surface area contributed by atoms with Gasteiger partial charge in [0, 0.05) is 24.8 Å². The van der Waals surface area contributed by atoms with Gasteiger partial charge in [-0.05, 0) is 56.5 Å². The molecule has 0 unspecified atom stereocenters. The van der Waals surface area contributed by atoms with E-state index in [9.17, 15) is 4.79 Å². The predicted molar refractivity (Wildman–Crippen MR) is 90.0 cm³/mol. The maximum absolute atomic E-state index is 12.3. The van der Waals surface area contributed by atoms with Crippen LogP contribution in [-0.2, 0) is 17.7 Å². The molecular formula is C19H22N2O2. The van der Waals surface area contributed by atoms with Crippen LogP contribution in [0, 0.1) is 0 Å². The van der Waals surface area contributed by atoms with Gasteiger partial charge in [0.2, 0.25) is 0 Å². The normalized spacial score (nSPS) is 14.3. The molecule has 0 radical (unpaired) electrons. The summed E-state index contributed by atoms with van der Waals surface area (Å²) in [6, 6.07) is 12.3. The molecule has 0 aliphatic carbocycles. The molecule has 0 spiro atoms. The van der Waals surface area contributed by atoms with E-state index in [1.165, 1.54) is 11.1 Å². The number of carbonyl (C=O) groups excluding carboxylic acids is 1. The number of hydrogen-bond acceptors (Lipinski definition) is 3. The Balaban J connectivity index is 1.81. The highest BCUT2D eigenvalue weighted by atomic mass is 16.6. The summed E-state index contributed by atoms with van der Waals surface area (Å²) in [5.74, 6) is 0. The first-order valence-electron chi connectivity index (χ1n) is 7.93. The van der Waals surface area contributed by atoms with Gasteiger partial charge in [-0.2, -0.15) is 0 Å². The van der Waals surface area contributed by atoms with Crippen molar-refractivity contribution < 1.29 is 9.53 Å². The highest BCUT2D eigenvalue weighted by Crippen LogP contribution is 2.26. The Hall–Kier alpha value is -2.36. The van der Waals surface area contributed by atoms with E-state index in [1.54, 1.807) is 11.1 Å². The summed E-state index contributed by atoms with van der Waals surface area (Å²) in [4.78, 5) is 18.4. The summed E-state index contributed by atoms with van der Waals surface area (Å²) in [5.41, 5.74) is 4.03. The molecule has 1 aromatic carbocycles. The van der Waals surface area contributed by atoms with Crippen molar-refractivity contribution in [2.75, 3.05) is 6.54 Å². The lowest BCUT2D eigenvalue weighted by molar-refractivity contribution is 0.0224. The fraction of sp³-hybridized carbons (Fsp3) is 0.368. The Labute approximate surface area is 137 Å². The van der Waals surface area contributed by atoms with Crippen molar-refractivity contribution in [1.82, 2.24) is 9.88 Å². The van der Waals surface area contributed by atoms with Crippen LogP contribution in [0.4, 0.5) is 4.79 Å². The van der Waals surface area contributed by atoms with Crippen molar-refractivity contribution in [3.63, 3.8) is 0 Å². The van der Waals surface area contributed by atoms with Crippen molar-refractivity contribution in [1.29, 1.82) is 0 Å². The quantitative estimate of drug-likeness (QED) is 0.798. The number of hydrogen-bond donors (Lipinski definition) is 0. The van der Waals surface area contributed by atoms with E-state index < -0.39 is 5.60 Å². The van der Waals surface area contributed by atoms with Crippen LogP contribution in [0.1, 0.15) is 31.9 Å². The lowest BCUT2D eigenvalue weighted by Gasteiger charge is -2.31. The van der Waals surface area contributed by atoms with Gasteiger partial charge in [-0.15, -0.1) is 0 Å². The number of ether oxygens (including phenoxy) is 1. The highest BCUT2D eigenvalue weighted by molar-refractivity contribution is 5.69. The summed E-state index contributed by atoms with van der Waals surface area (Å²) in [6.07, 6.45) is 2.41. The molecule has 4 nitrogen and oxygen atoms in total. The van der Waals surface area contributed by atoms with E-state index in [0.29, 0.717) is 13.1 Å². The molecule has 0 atom stereocenters. The molecule has 1 aromatic heterocycles. The summed E-state index contributed by atoms with van der Waals surface area (Å²) < 4.78 is 5.48. The van der Waals surface area contributed by atoms with E-state index in [1.807, 2.05) is 39.0 Å². The smallest absolute Gasteiger partial charge is 0.410 e. The number of amides is 1. The van der Waals surface area contributed by atoms with Crippen molar-refractivity contribution >= 4 is 6.09 Å². The lowest BCUT2D eigenvalue weighted by atomic mass is 9.96. The fourth-order valence-electron chi connectivity index (χ4n) is 2.73. The average molecular weight is 310 g/mol. The number of fused-ring (bicyclic) bond motifs is 1. The van der Waals surface area contributed by atoms with Gasteiger partial charge in [0.05, 0.1) is 5.69 Å². The van der Waals surface area contributed by atoms with Crippen LogP contribution in [0.3, 0.4) is 0 Å². The minimum absolute atomic E-state index is 0.244. The maximum atomic E-state index is 12.3. The number of nitrogens with zero attached hydrogens (tertiary/aromatic N) is 2. The standard InChI is InChI=1S/C19H22N2O2/c1-19(2,3)23-18(22)21-11-9-14-7-8-15(12-16(14)13-21)17-6-4-5-10-20-17/h4-8,10,12H,9,11,13H2,1-3H3. The van der Waals surface area contributed by atoms with Crippen molar-refractivity contribution in [3.05, 3.63) is 53.7 Å². The van der Waals surface area contributed by atoms with Crippen molar-refractivity contribution in [3.8, 4) is 11.3 Å². The third kappa shape index (κ3) is 3.70. The lowest BCUT2D eigenvalue weighted by Crippen LogP contribution is -2.39. The Morgan fingerprint density at radius 1 is 1.17 bits per heavy atom. The first-order valence-corrected chi connectivity index (χ1v) is 7.93. The molecule has 1 aliphatic heterocycles. The van der Waals surface area contributed by atoms with Crippen LogP contribution in [-0.4, -0.2) is 28.1 Å². The van der Waals surface area contributed by atoms with Gasteiger partial charge >= 0.3 is 6.09 Å². The SMILES string of the molecule is CC(C)(C)OC(=O)N1CCc2ccc(-c3ccccn3)cc2C1. The molecule has 0 bridgehead atoms. The van der Waals surface area contributed by atoms with Gasteiger partial charge < -0.3 is 9.64 Å². The molecule has 0 saturated carbocycles. The fourth-order valence-corrected chi connectivity index (χ4v) is 2.73. The Bertz CT molecular complexity index is 705. The zero-order valence-corrected chi connectivity index (χ0v) is 13.9. The zero-order valence-electron chi connectivity index (χ0n) is 13.9. The summed E-state index contributed by atoms with van der Waals surface area (Å²) >= 11 is 0. The van der Waals surface area contributed by atoms with Gasteiger partial charge in [0.25, 0.3) is 0 Å². The Morgan fingerprint density at radius 2 is 2.00 bits per heavy atom. The molecule has 2 heterocycles. The highest BCUT2D eigenvalue weighted by Gasteiger charge is 2.25. The number of carbonyl (C=O) groups is 1. The molecule has 0 saturated heterocycles. The molecular weight excluding hydrogens is 288 g/mol. The Morgan fingerprint density at radius 3 is 2.70 bits per heavy atom. The third-order valence-corrected chi connectivity index (χ3v) is 3.83. The molecule has 2 aromatic rings. The van der Waals surface area contributed by atoms with Crippen LogP contribution >= 0.6 is 0 Å². The van der Waals surface area contributed by atoms with Gasteiger partial charge in [-0.25, -0.2) is 4.79 Å². The topological polar surface area (TPSA) is 42.4 Å². The molecule has 23 heavy (non-hydrogen) atoms. The summed E-state index contributed by atoms with van der Waals surface area (Å²) in [6.45, 7) is 6.96. The predicted octanol–water partition coefficient (Wildman–Crippen LogP) is 4.04. The van der Waals surface area contributed by atoms with E-state index >= 15 is 0 Å². The van der Waals surface area contributed by atoms with E-state index in [2.05, 4.69) is 23.2 Å². The largest absolute Gasteiger partial charge is 0.444 e. The van der Waals surface area contributed by atoms with Gasteiger partial charge in [-0.1, -0.05) is 18.2 Å². The number of aromatic nitrogens is 1. The van der Waals surface area contributed by atoms with Gasteiger partial charge in [-0.3, -0.25) is 4.98 Å². The number of rotatable bonds is 1. The summed E-state index contributed by atoms with van der Waals surface area (Å²) in [7, 11) is 0. The molecule has 0 N–H and O–H groups in total. The minimum atomic E-state index is -0.465. The second-order valence-corrected chi connectivity index (χ2v) is 6.85. The van der Waals surface area contributed by atoms with Crippen LogP contribution in [0.5, 0.6) is 0 Å². The van der Waals surface area contributed by atoms with Gasteiger partial charge in [0.15, 0.2) is 0 Å². The number of benzene rings is 1. The summed E-state index contributed by atoms with van der Waals surface area (Å²) in [5, 5.41) is 0. The van der Waals surface area contributed by atoms with E-state index in [0.717, 1.165) is 17.7 Å². The first kappa shape index (κ1) is 15.5. The second kappa shape index (κ2) is 6.03. The molecule has 0 fully saturated rings. The van der Waals surface area contributed by atoms with Crippen LogP contribution in [0.25, 0.3) is 11.3 Å². The second-order valence-electron chi connectivity index (χ2n) is 6.85. The maximum Gasteiger partial charge on any atom is 0.410 e. The first-order chi connectivity index (χ1) is 10.9. The van der Waals surface area contributed by atoms with Crippen LogP contribution in [0.15, 0.2) is 42.6 Å². The third-order valence-electron chi connectivity index (χ3n) is 3.83. The van der Waals surface area contributed by atoms with Crippen LogP contribution < -0.4 is 0 Å². The molecule has 1 amide bonds. The van der Waals surface area contributed by atoms with Crippen molar-refractivity contribution in [2.24, 2.45) is 0 Å².